The van der Waals surface area contributed by atoms with Gasteiger partial charge in [0.25, 0.3) is 0 Å². The molecule has 1 nitrogen and oxygen atoms in total. The average Bonchev–Trinajstić information content (AvgIpc) is 2.02. The highest BCUT2D eigenvalue weighted by Crippen LogP contribution is 2.24. The molecule has 0 saturated carbocycles. The molecule has 1 rings (SSSR count). The molecular formula is C11H20O. The Morgan fingerprint density at radius 2 is 2.17 bits per heavy atom. The molecule has 1 N–H and O–H groups in total. The van der Waals surface area contributed by atoms with Crippen LogP contribution in [0.4, 0.5) is 0 Å². The van der Waals surface area contributed by atoms with E-state index in [1.165, 1.54) is 25.7 Å². The van der Waals surface area contributed by atoms with E-state index < -0.39 is 5.60 Å². The highest BCUT2D eigenvalue weighted by Gasteiger charge is 2.13. The van der Waals surface area contributed by atoms with E-state index in [0.717, 1.165) is 12.8 Å². The van der Waals surface area contributed by atoms with Crippen molar-refractivity contribution in [3.05, 3.63) is 11.6 Å². The smallest absolute Gasteiger partial charge is 0.0594 e. The van der Waals surface area contributed by atoms with E-state index in [1.54, 1.807) is 5.57 Å². The van der Waals surface area contributed by atoms with Gasteiger partial charge < -0.3 is 5.11 Å². The quantitative estimate of drug-likeness (QED) is 0.642. The number of hydrogen-bond acceptors (Lipinski definition) is 1. The van der Waals surface area contributed by atoms with Crippen LogP contribution in [-0.2, 0) is 0 Å². The van der Waals surface area contributed by atoms with E-state index >= 15 is 0 Å². The zero-order valence-corrected chi connectivity index (χ0v) is 8.27. The number of hydrogen-bond donors (Lipinski definition) is 1. The van der Waals surface area contributed by atoms with E-state index in [4.69, 9.17) is 0 Å². The second kappa shape index (κ2) is 4.08. The monoisotopic (exact) mass is 168 g/mol. The van der Waals surface area contributed by atoms with Crippen molar-refractivity contribution in [2.24, 2.45) is 0 Å². The molecule has 1 aliphatic rings. The molecular weight excluding hydrogens is 148 g/mol. The van der Waals surface area contributed by atoms with Crippen LogP contribution in [0.3, 0.4) is 0 Å². The Morgan fingerprint density at radius 3 is 2.67 bits per heavy atom. The average molecular weight is 168 g/mol. The highest BCUT2D eigenvalue weighted by molar-refractivity contribution is 5.05. The largest absolute Gasteiger partial charge is 0.390 e. The van der Waals surface area contributed by atoms with Crippen molar-refractivity contribution in [3.8, 4) is 0 Å². The summed E-state index contributed by atoms with van der Waals surface area (Å²) in [5, 5.41) is 9.52. The molecule has 0 aromatic heterocycles. The van der Waals surface area contributed by atoms with Crippen LogP contribution in [0.25, 0.3) is 0 Å². The normalized spacial score (nSPS) is 19.1. The zero-order chi connectivity index (χ0) is 9.03. The van der Waals surface area contributed by atoms with Crippen LogP contribution in [0.15, 0.2) is 11.6 Å². The first-order valence-electron chi connectivity index (χ1n) is 4.98. The summed E-state index contributed by atoms with van der Waals surface area (Å²) in [6, 6.07) is 0. The minimum atomic E-state index is -0.488. The van der Waals surface area contributed by atoms with Gasteiger partial charge >= 0.3 is 0 Å². The molecule has 0 unspecified atom stereocenters. The molecule has 0 bridgehead atoms. The van der Waals surface area contributed by atoms with Gasteiger partial charge in [0.05, 0.1) is 5.60 Å². The van der Waals surface area contributed by atoms with E-state index in [1.807, 2.05) is 13.8 Å². The lowest BCUT2D eigenvalue weighted by Crippen LogP contribution is -2.18. The van der Waals surface area contributed by atoms with Crippen LogP contribution in [0.5, 0.6) is 0 Å². The molecule has 12 heavy (non-hydrogen) atoms. The summed E-state index contributed by atoms with van der Waals surface area (Å²) >= 11 is 0. The summed E-state index contributed by atoms with van der Waals surface area (Å²) in [6.45, 7) is 3.77. The molecule has 0 fully saturated rings. The summed E-state index contributed by atoms with van der Waals surface area (Å²) in [4.78, 5) is 0. The van der Waals surface area contributed by atoms with Crippen LogP contribution in [0.1, 0.15) is 52.4 Å². The molecule has 70 valence electrons. The second-order valence-corrected chi connectivity index (χ2v) is 4.42. The van der Waals surface area contributed by atoms with Crippen LogP contribution in [0.2, 0.25) is 0 Å². The summed E-state index contributed by atoms with van der Waals surface area (Å²) in [6.07, 6.45) is 9.55. The molecule has 1 aliphatic carbocycles. The van der Waals surface area contributed by atoms with Gasteiger partial charge in [-0.25, -0.2) is 0 Å². The zero-order valence-electron chi connectivity index (χ0n) is 8.27. The molecule has 0 aromatic carbocycles. The summed E-state index contributed by atoms with van der Waals surface area (Å²) in [5.74, 6) is 0. The van der Waals surface area contributed by atoms with Gasteiger partial charge in [0.2, 0.25) is 0 Å². The lowest BCUT2D eigenvalue weighted by molar-refractivity contribution is 0.0710. The maximum Gasteiger partial charge on any atom is 0.0594 e. The Hall–Kier alpha value is -0.300. The van der Waals surface area contributed by atoms with E-state index in [9.17, 15) is 5.11 Å². The lowest BCUT2D eigenvalue weighted by atomic mass is 9.92. The van der Waals surface area contributed by atoms with Crippen LogP contribution < -0.4 is 0 Å². The number of aliphatic hydroxyl groups is 1. The van der Waals surface area contributed by atoms with Gasteiger partial charge in [0.1, 0.15) is 0 Å². The third kappa shape index (κ3) is 3.91. The minimum Gasteiger partial charge on any atom is -0.390 e. The maximum absolute atomic E-state index is 9.52. The standard InChI is InChI=1S/C11H20O/c1-11(2,12)9-8-10-6-4-3-5-7-10/h6,12H,3-5,7-9H2,1-2H3. The molecule has 0 amide bonds. The van der Waals surface area contributed by atoms with Crippen LogP contribution >= 0.6 is 0 Å². The van der Waals surface area contributed by atoms with Crippen molar-refractivity contribution < 1.29 is 5.11 Å². The van der Waals surface area contributed by atoms with E-state index in [-0.39, 0.29) is 0 Å². The molecule has 1 heteroatoms. The molecule has 0 spiro atoms. The predicted octanol–water partition coefficient (Wildman–Crippen LogP) is 3.04. The third-order valence-electron chi connectivity index (χ3n) is 2.44. The van der Waals surface area contributed by atoms with Crippen LogP contribution in [-0.4, -0.2) is 10.7 Å². The first-order chi connectivity index (χ1) is 5.58. The van der Waals surface area contributed by atoms with Gasteiger partial charge in [0.15, 0.2) is 0 Å². The Labute approximate surface area is 75.5 Å². The summed E-state index contributed by atoms with van der Waals surface area (Å²) in [5.41, 5.74) is 1.07. The van der Waals surface area contributed by atoms with Gasteiger partial charge in [-0.15, -0.1) is 0 Å². The van der Waals surface area contributed by atoms with Gasteiger partial charge in [-0.05, 0) is 52.4 Å². The fourth-order valence-corrected chi connectivity index (χ4v) is 1.60. The van der Waals surface area contributed by atoms with Gasteiger partial charge in [0, 0.05) is 0 Å². The highest BCUT2D eigenvalue weighted by atomic mass is 16.3. The Morgan fingerprint density at radius 1 is 1.42 bits per heavy atom. The number of allylic oxidation sites excluding steroid dienone is 2. The number of rotatable bonds is 3. The molecule has 0 saturated heterocycles. The molecule has 0 aromatic rings. The van der Waals surface area contributed by atoms with Crippen molar-refractivity contribution in [1.82, 2.24) is 0 Å². The third-order valence-corrected chi connectivity index (χ3v) is 2.44. The van der Waals surface area contributed by atoms with Crippen molar-refractivity contribution in [2.75, 3.05) is 0 Å². The molecule has 0 heterocycles. The van der Waals surface area contributed by atoms with Gasteiger partial charge in [-0.2, -0.15) is 0 Å². The topological polar surface area (TPSA) is 20.2 Å². The Kier molecular flexibility index (Phi) is 3.33. The first-order valence-corrected chi connectivity index (χ1v) is 4.98. The molecule has 0 radical (unpaired) electrons. The van der Waals surface area contributed by atoms with Gasteiger partial charge in [-0.3, -0.25) is 0 Å². The molecule has 0 aliphatic heterocycles. The Balaban J connectivity index is 2.26. The van der Waals surface area contributed by atoms with Gasteiger partial charge in [-0.1, -0.05) is 11.6 Å². The fraction of sp³-hybridized carbons (Fsp3) is 0.818. The SMILES string of the molecule is CC(C)(O)CCC1=CCCCC1. The van der Waals surface area contributed by atoms with Crippen LogP contribution in [0, 0.1) is 0 Å². The summed E-state index contributed by atoms with van der Waals surface area (Å²) in [7, 11) is 0. The fourth-order valence-electron chi connectivity index (χ4n) is 1.60. The second-order valence-electron chi connectivity index (χ2n) is 4.42. The predicted molar refractivity (Wildman–Crippen MR) is 52.1 cm³/mol. The first kappa shape index (κ1) is 9.79. The van der Waals surface area contributed by atoms with E-state index in [0.29, 0.717) is 0 Å². The van der Waals surface area contributed by atoms with E-state index in [2.05, 4.69) is 6.08 Å². The summed E-state index contributed by atoms with van der Waals surface area (Å²) < 4.78 is 0. The minimum absolute atomic E-state index is 0.488. The van der Waals surface area contributed by atoms with Crippen molar-refractivity contribution >= 4 is 0 Å². The lowest BCUT2D eigenvalue weighted by Gasteiger charge is -2.19. The van der Waals surface area contributed by atoms with Crippen molar-refractivity contribution in [2.45, 2.75) is 58.0 Å². The molecule has 0 atom stereocenters. The maximum atomic E-state index is 9.52. The Bertz CT molecular complexity index is 162. The van der Waals surface area contributed by atoms with Crippen molar-refractivity contribution in [3.63, 3.8) is 0 Å². The van der Waals surface area contributed by atoms with Crippen molar-refractivity contribution in [1.29, 1.82) is 0 Å².